The molecular weight excluding hydrogens is 953 g/mol. The molecule has 4 aromatic rings. The van der Waals surface area contributed by atoms with Gasteiger partial charge in [0.15, 0.2) is 11.5 Å². The van der Waals surface area contributed by atoms with E-state index < -0.39 is 23.2 Å². The van der Waals surface area contributed by atoms with Crippen LogP contribution in [0.1, 0.15) is 110 Å². The summed E-state index contributed by atoms with van der Waals surface area (Å²) < 4.78 is 12.9. The lowest BCUT2D eigenvalue weighted by molar-refractivity contribution is -0.130. The second kappa shape index (κ2) is 22.3. The number of phenolic OH excluding ortho intramolecular Hbond substituents is 2. The van der Waals surface area contributed by atoms with E-state index in [-0.39, 0.29) is 92.0 Å². The Morgan fingerprint density at radius 3 is 2.58 bits per heavy atom. The van der Waals surface area contributed by atoms with Gasteiger partial charge >= 0.3 is 0 Å². The molecule has 0 amide bonds. The number of methoxy groups -OCH3 is 1. The van der Waals surface area contributed by atoms with E-state index >= 15 is 0 Å². The Labute approximate surface area is 420 Å². The molecule has 5 bridgehead atoms. The number of ketones is 2. The SMILES string of the molecule is COc1c(O)ccc2c1-c1ccc3ccc(O)cc3c1CSS[C@]13CC[C@@H](C[C@H]1O)[C@H](CC(=O)CC2)O[C@H]1N[C@@H](CCCO)[C@H](CSSC3)C[C@H]2c3c1cc(CO)c(NCC(C)=O)c3CC[C@H]2CO. The number of nitrogens with one attached hydrogen (secondary N) is 2. The molecule has 2 saturated heterocycles. The molecule has 3 fully saturated rings. The van der Waals surface area contributed by atoms with Crippen LogP contribution in [-0.2, 0) is 39.5 Å². The molecule has 0 aromatic heterocycles. The van der Waals surface area contributed by atoms with E-state index in [2.05, 4.69) is 10.6 Å². The number of phenols is 2. The normalized spacial score (nSPS) is 28.6. The van der Waals surface area contributed by atoms with E-state index in [0.29, 0.717) is 66.9 Å². The lowest BCUT2D eigenvalue weighted by Crippen LogP contribution is -2.50. The Morgan fingerprint density at radius 2 is 1.81 bits per heavy atom. The van der Waals surface area contributed by atoms with Crippen LogP contribution in [0.5, 0.6) is 17.2 Å². The molecule has 4 aromatic carbocycles. The monoisotopic (exact) mass is 1020 g/mol. The second-order valence-electron chi connectivity index (χ2n) is 19.8. The predicted molar refractivity (Wildman–Crippen MR) is 279 cm³/mol. The number of aryl methyl sites for hydroxylation is 1. The molecule has 4 aliphatic heterocycles. The van der Waals surface area contributed by atoms with Crippen molar-refractivity contribution in [3.05, 3.63) is 81.9 Å². The molecule has 16 heteroatoms. The van der Waals surface area contributed by atoms with Gasteiger partial charge in [0.1, 0.15) is 23.5 Å². The van der Waals surface area contributed by atoms with Crippen molar-refractivity contribution < 1.29 is 49.7 Å². The predicted octanol–water partition coefficient (Wildman–Crippen LogP) is 8.97. The number of anilines is 1. The summed E-state index contributed by atoms with van der Waals surface area (Å²) in [6.45, 7) is 1.43. The third-order valence-electron chi connectivity index (χ3n) is 15.6. The quantitative estimate of drug-likeness (QED) is 0.0739. The minimum Gasteiger partial charge on any atom is -0.508 e. The molecule has 2 aliphatic carbocycles. The van der Waals surface area contributed by atoms with Crippen LogP contribution in [0.3, 0.4) is 0 Å². The van der Waals surface area contributed by atoms with Crippen LogP contribution in [0.4, 0.5) is 5.69 Å². The number of carbonyl (C=O) groups is 2. The number of ether oxygens (including phenoxy) is 2. The standard InChI is InChI=1S/C53H66N2O10S4/c1-29(59)23-54-50-34(25-58)18-42-49-39(50)13-8-33(24-57)41(49)19-35-26-66-68-28-53-16-15-32(20-47(53)63)46(65-52(42)55-44(35)4-3-17-56)22-37(61)11-6-31-9-14-45(62)51(64-2)48(31)38-12-7-30-5-10-36(60)21-40(30)43(38)27-67-69-53/h5,7,9-10,12,14,18,21,32-33,35,41,44,46-47,52,54-58,60,62-63H,3-4,6,8,11,13,15-17,19-20,22-28H2,1-2H3/t32-,33-,35-,41+,44-,46-,47+,52+,53-/m0/s1. The first-order chi connectivity index (χ1) is 33.4. The summed E-state index contributed by atoms with van der Waals surface area (Å²) in [6.07, 6.45) is 3.91. The van der Waals surface area contributed by atoms with Crippen molar-refractivity contribution in [3.8, 4) is 28.4 Å². The molecular formula is C53H66N2O10S4. The number of aromatic hydroxyl groups is 2. The fraction of sp³-hybridized carbons (Fsp3) is 0.547. The number of Topliss-reactive ketones (excluding diaryl/α,β-unsaturated/α-hetero) is 2. The molecule has 372 valence electrons. The molecule has 1 saturated carbocycles. The van der Waals surface area contributed by atoms with Crippen LogP contribution in [-0.4, -0.2) is 104 Å². The van der Waals surface area contributed by atoms with Gasteiger partial charge in [0, 0.05) is 66.2 Å². The average Bonchev–Trinajstić information content (AvgIpc) is 3.33. The van der Waals surface area contributed by atoms with Crippen LogP contribution in [0.2, 0.25) is 0 Å². The number of fused-ring (bicyclic) bond motifs is 9. The van der Waals surface area contributed by atoms with Crippen LogP contribution in [0.15, 0.2) is 48.5 Å². The zero-order chi connectivity index (χ0) is 48.4. The number of aliphatic hydroxyl groups excluding tert-OH is 4. The average molecular weight is 1020 g/mol. The van der Waals surface area contributed by atoms with Crippen molar-refractivity contribution in [2.75, 3.05) is 43.7 Å². The summed E-state index contributed by atoms with van der Waals surface area (Å²) in [6, 6.07) is 14.8. The largest absolute Gasteiger partial charge is 0.508 e. The fourth-order valence-electron chi connectivity index (χ4n) is 12.0. The van der Waals surface area contributed by atoms with Gasteiger partial charge < -0.3 is 45.4 Å². The van der Waals surface area contributed by atoms with Crippen molar-refractivity contribution in [2.45, 2.75) is 125 Å². The third kappa shape index (κ3) is 10.5. The van der Waals surface area contributed by atoms with Gasteiger partial charge in [-0.15, -0.1) is 0 Å². The van der Waals surface area contributed by atoms with Gasteiger partial charge in [-0.2, -0.15) is 0 Å². The zero-order valence-electron chi connectivity index (χ0n) is 39.4. The number of hydrogen-bond donors (Lipinski definition) is 8. The van der Waals surface area contributed by atoms with Crippen molar-refractivity contribution in [1.29, 1.82) is 0 Å². The second-order valence-corrected chi connectivity index (χ2v) is 25.0. The van der Waals surface area contributed by atoms with E-state index in [1.165, 1.54) is 7.11 Å². The maximum Gasteiger partial charge on any atom is 0.168 e. The van der Waals surface area contributed by atoms with Crippen LogP contribution >= 0.6 is 43.2 Å². The fourth-order valence-corrected chi connectivity index (χ4v) is 18.9. The molecule has 8 N–H and O–H groups in total. The molecule has 0 unspecified atom stereocenters. The molecule has 4 heterocycles. The first kappa shape index (κ1) is 50.8. The topological polar surface area (TPSA) is 198 Å². The summed E-state index contributed by atoms with van der Waals surface area (Å²) in [5.74, 6) is 2.25. The van der Waals surface area contributed by atoms with Gasteiger partial charge in [0.05, 0.1) is 37.2 Å². The lowest BCUT2D eigenvalue weighted by Gasteiger charge is -2.47. The van der Waals surface area contributed by atoms with Crippen LogP contribution in [0.25, 0.3) is 21.9 Å². The van der Waals surface area contributed by atoms with Gasteiger partial charge in [-0.3, -0.25) is 14.9 Å². The van der Waals surface area contributed by atoms with Gasteiger partial charge in [-0.25, -0.2) is 0 Å². The number of carbonyl (C=O) groups excluding carboxylic acids is 2. The summed E-state index contributed by atoms with van der Waals surface area (Å²) in [5, 5.41) is 76.2. The molecule has 9 atom stereocenters. The maximum absolute atomic E-state index is 14.8. The molecule has 0 radical (unpaired) electrons. The molecule has 6 aliphatic rings. The zero-order valence-corrected chi connectivity index (χ0v) is 42.7. The summed E-state index contributed by atoms with van der Waals surface area (Å²) in [4.78, 5) is 27.1. The Balaban J connectivity index is 1.19. The Morgan fingerprint density at radius 1 is 0.971 bits per heavy atom. The number of hydrogen-bond acceptors (Lipinski definition) is 16. The van der Waals surface area contributed by atoms with Crippen molar-refractivity contribution in [1.82, 2.24) is 5.32 Å². The first-order valence-corrected chi connectivity index (χ1v) is 29.3. The van der Waals surface area contributed by atoms with Gasteiger partial charge in [0.25, 0.3) is 0 Å². The Bertz CT molecular complexity index is 2530. The van der Waals surface area contributed by atoms with Crippen molar-refractivity contribution in [3.63, 3.8) is 0 Å². The third-order valence-corrected chi connectivity index (χ3v) is 21.6. The first-order valence-electron chi connectivity index (χ1n) is 24.5. The van der Waals surface area contributed by atoms with Crippen LogP contribution in [0, 0.1) is 17.8 Å². The number of rotatable bonds is 9. The minimum atomic E-state index is -0.728. The molecule has 0 spiro atoms. The van der Waals surface area contributed by atoms with Gasteiger partial charge in [0.2, 0.25) is 0 Å². The van der Waals surface area contributed by atoms with E-state index in [4.69, 9.17) is 9.47 Å². The smallest absolute Gasteiger partial charge is 0.168 e. The highest BCUT2D eigenvalue weighted by atomic mass is 33.1. The van der Waals surface area contributed by atoms with Crippen molar-refractivity contribution in [2.24, 2.45) is 17.8 Å². The highest BCUT2D eigenvalue weighted by Crippen LogP contribution is 2.56. The number of aliphatic hydroxyl groups is 4. The van der Waals surface area contributed by atoms with Gasteiger partial charge in [-0.1, -0.05) is 67.4 Å². The highest BCUT2D eigenvalue weighted by Gasteiger charge is 2.48. The van der Waals surface area contributed by atoms with E-state index in [9.17, 15) is 40.2 Å². The van der Waals surface area contributed by atoms with Crippen LogP contribution < -0.4 is 15.4 Å². The summed E-state index contributed by atoms with van der Waals surface area (Å²) >= 11 is 0. The Kier molecular flexibility index (Phi) is 16.4. The lowest BCUT2D eigenvalue weighted by atomic mass is 9.67. The summed E-state index contributed by atoms with van der Waals surface area (Å²) in [7, 11) is 8.56. The van der Waals surface area contributed by atoms with Gasteiger partial charge in [-0.05, 0) is 157 Å². The highest BCUT2D eigenvalue weighted by molar-refractivity contribution is 8.78. The molecule has 12 nitrogen and oxygen atoms in total. The van der Waals surface area contributed by atoms with E-state index in [0.717, 1.165) is 74.9 Å². The minimum absolute atomic E-state index is 0.00120. The maximum atomic E-state index is 14.8. The summed E-state index contributed by atoms with van der Waals surface area (Å²) in [5.41, 5.74) is 7.74. The molecule has 10 rings (SSSR count). The van der Waals surface area contributed by atoms with E-state index in [1.54, 1.807) is 57.5 Å². The van der Waals surface area contributed by atoms with Crippen molar-refractivity contribution >= 4 is 71.2 Å². The Hall–Kier alpha value is -3.16. The number of benzene rings is 4. The molecule has 69 heavy (non-hydrogen) atoms. The van der Waals surface area contributed by atoms with E-state index in [1.807, 2.05) is 41.1 Å².